The van der Waals surface area contributed by atoms with Gasteiger partial charge in [-0.2, -0.15) is 0 Å². The van der Waals surface area contributed by atoms with Crippen molar-refractivity contribution in [3.8, 4) is 17.2 Å². The maximum absolute atomic E-state index is 12.3. The van der Waals surface area contributed by atoms with E-state index < -0.39 is 0 Å². The van der Waals surface area contributed by atoms with Crippen LogP contribution in [0, 0.1) is 0 Å². The molecule has 0 aromatic heterocycles. The van der Waals surface area contributed by atoms with E-state index in [-0.39, 0.29) is 18.1 Å². The third-order valence-electron chi connectivity index (χ3n) is 4.22. The molecule has 146 valence electrons. The summed E-state index contributed by atoms with van der Waals surface area (Å²) in [6.45, 7) is 5.97. The Labute approximate surface area is 161 Å². The van der Waals surface area contributed by atoms with Crippen LogP contribution in [0.5, 0.6) is 17.2 Å². The fourth-order valence-electron chi connectivity index (χ4n) is 2.80. The predicted octanol–water partition coefficient (Wildman–Crippen LogP) is 4.30. The molecule has 0 radical (unpaired) electrons. The van der Waals surface area contributed by atoms with Crippen LogP contribution in [0.1, 0.15) is 44.4 Å². The molecule has 0 aliphatic carbocycles. The summed E-state index contributed by atoms with van der Waals surface area (Å²) in [4.78, 5) is 12.3. The molecule has 0 aliphatic heterocycles. The van der Waals surface area contributed by atoms with Crippen LogP contribution in [-0.2, 0) is 11.2 Å². The van der Waals surface area contributed by atoms with Crippen molar-refractivity contribution in [2.24, 2.45) is 0 Å². The number of hydrogen-bond donors (Lipinski definition) is 1. The van der Waals surface area contributed by atoms with Crippen LogP contribution in [0.25, 0.3) is 0 Å². The average molecular weight is 371 g/mol. The van der Waals surface area contributed by atoms with Gasteiger partial charge < -0.3 is 19.5 Å². The average Bonchev–Trinajstić information content (AvgIpc) is 2.66. The molecule has 0 spiro atoms. The zero-order chi connectivity index (χ0) is 19.8. The van der Waals surface area contributed by atoms with Crippen LogP contribution in [0.2, 0.25) is 0 Å². The molecule has 0 bridgehead atoms. The SMILES string of the molecule is COc1ccc(CCC(=O)NC(C)c2ccc(OC(C)C)cc2)cc1OC. The predicted molar refractivity (Wildman–Crippen MR) is 107 cm³/mol. The first-order valence-electron chi connectivity index (χ1n) is 9.19. The third kappa shape index (κ3) is 6.20. The number of methoxy groups -OCH3 is 2. The first kappa shape index (κ1) is 20.6. The topological polar surface area (TPSA) is 56.8 Å². The number of ether oxygens (including phenoxy) is 3. The van der Waals surface area contributed by atoms with E-state index in [0.717, 1.165) is 16.9 Å². The molecule has 1 N–H and O–H groups in total. The van der Waals surface area contributed by atoms with Gasteiger partial charge in [0.25, 0.3) is 0 Å². The van der Waals surface area contributed by atoms with Crippen LogP contribution in [0.15, 0.2) is 42.5 Å². The van der Waals surface area contributed by atoms with Crippen molar-refractivity contribution in [3.05, 3.63) is 53.6 Å². The Bertz CT molecular complexity index is 740. The Morgan fingerprint density at radius 3 is 2.22 bits per heavy atom. The van der Waals surface area contributed by atoms with Gasteiger partial charge in [0.2, 0.25) is 5.91 Å². The van der Waals surface area contributed by atoms with E-state index in [1.165, 1.54) is 0 Å². The maximum atomic E-state index is 12.3. The van der Waals surface area contributed by atoms with Crippen molar-refractivity contribution < 1.29 is 19.0 Å². The Balaban J connectivity index is 1.88. The van der Waals surface area contributed by atoms with Crippen molar-refractivity contribution in [3.63, 3.8) is 0 Å². The minimum absolute atomic E-state index is 0.0137. The molecule has 1 amide bonds. The molecule has 1 unspecified atom stereocenters. The highest BCUT2D eigenvalue weighted by Gasteiger charge is 2.11. The third-order valence-corrected chi connectivity index (χ3v) is 4.22. The summed E-state index contributed by atoms with van der Waals surface area (Å²) in [5, 5.41) is 3.04. The second kappa shape index (κ2) is 9.86. The molecule has 1 atom stereocenters. The lowest BCUT2D eigenvalue weighted by Gasteiger charge is -2.16. The monoisotopic (exact) mass is 371 g/mol. The van der Waals surface area contributed by atoms with Gasteiger partial charge in [0.05, 0.1) is 26.4 Å². The molecule has 0 saturated carbocycles. The van der Waals surface area contributed by atoms with E-state index in [1.54, 1.807) is 14.2 Å². The molecule has 0 aliphatic rings. The molecule has 0 heterocycles. The highest BCUT2D eigenvalue weighted by Crippen LogP contribution is 2.28. The minimum atomic E-state index is -0.0593. The number of rotatable bonds is 9. The standard InChI is InChI=1S/C22H29NO4/c1-15(2)27-19-10-8-18(9-11-19)16(3)23-22(24)13-7-17-6-12-20(25-4)21(14-17)26-5/h6,8-12,14-16H,7,13H2,1-5H3,(H,23,24). The quantitative estimate of drug-likeness (QED) is 0.714. The van der Waals surface area contributed by atoms with Gasteiger partial charge in [-0.1, -0.05) is 18.2 Å². The van der Waals surface area contributed by atoms with Crippen LogP contribution < -0.4 is 19.5 Å². The summed E-state index contributed by atoms with van der Waals surface area (Å²) in [6.07, 6.45) is 1.19. The molecular weight excluding hydrogens is 342 g/mol. The molecular formula is C22H29NO4. The van der Waals surface area contributed by atoms with Gasteiger partial charge in [-0.15, -0.1) is 0 Å². The van der Waals surface area contributed by atoms with E-state index in [1.807, 2.05) is 63.2 Å². The fraction of sp³-hybridized carbons (Fsp3) is 0.409. The summed E-state index contributed by atoms with van der Waals surface area (Å²) in [7, 11) is 3.21. The largest absolute Gasteiger partial charge is 0.493 e. The smallest absolute Gasteiger partial charge is 0.220 e. The van der Waals surface area contributed by atoms with E-state index in [9.17, 15) is 4.79 Å². The molecule has 0 fully saturated rings. The van der Waals surface area contributed by atoms with Gasteiger partial charge in [0.1, 0.15) is 5.75 Å². The second-order valence-electron chi connectivity index (χ2n) is 6.71. The van der Waals surface area contributed by atoms with Gasteiger partial charge in [-0.3, -0.25) is 4.79 Å². The highest BCUT2D eigenvalue weighted by molar-refractivity contribution is 5.76. The Morgan fingerprint density at radius 1 is 0.963 bits per heavy atom. The van der Waals surface area contributed by atoms with E-state index in [0.29, 0.717) is 24.3 Å². The lowest BCUT2D eigenvalue weighted by Crippen LogP contribution is -2.26. The Morgan fingerprint density at radius 2 is 1.63 bits per heavy atom. The van der Waals surface area contributed by atoms with Gasteiger partial charge >= 0.3 is 0 Å². The molecule has 27 heavy (non-hydrogen) atoms. The zero-order valence-corrected chi connectivity index (χ0v) is 16.7. The maximum Gasteiger partial charge on any atom is 0.220 e. The Kier molecular flexibility index (Phi) is 7.53. The van der Waals surface area contributed by atoms with Crippen molar-refractivity contribution in [1.82, 2.24) is 5.32 Å². The first-order valence-corrected chi connectivity index (χ1v) is 9.19. The number of hydrogen-bond acceptors (Lipinski definition) is 4. The van der Waals surface area contributed by atoms with Crippen LogP contribution >= 0.6 is 0 Å². The molecule has 5 nitrogen and oxygen atoms in total. The second-order valence-corrected chi connectivity index (χ2v) is 6.71. The van der Waals surface area contributed by atoms with E-state index >= 15 is 0 Å². The van der Waals surface area contributed by atoms with Gasteiger partial charge in [0, 0.05) is 6.42 Å². The molecule has 5 heteroatoms. The van der Waals surface area contributed by atoms with Crippen LogP contribution in [0.4, 0.5) is 0 Å². The normalized spacial score (nSPS) is 11.8. The first-order chi connectivity index (χ1) is 12.9. The summed E-state index contributed by atoms with van der Waals surface area (Å²) in [5.41, 5.74) is 2.08. The number of amides is 1. The van der Waals surface area contributed by atoms with E-state index in [4.69, 9.17) is 14.2 Å². The lowest BCUT2D eigenvalue weighted by molar-refractivity contribution is -0.121. The van der Waals surface area contributed by atoms with Crippen molar-refractivity contribution in [2.75, 3.05) is 14.2 Å². The number of carbonyl (C=O) groups excluding carboxylic acids is 1. The van der Waals surface area contributed by atoms with Gasteiger partial charge in [0.15, 0.2) is 11.5 Å². The van der Waals surface area contributed by atoms with Crippen LogP contribution in [-0.4, -0.2) is 26.2 Å². The molecule has 2 aromatic carbocycles. The summed E-state index contributed by atoms with van der Waals surface area (Å²) in [5.74, 6) is 2.21. The Hall–Kier alpha value is -2.69. The highest BCUT2D eigenvalue weighted by atomic mass is 16.5. The molecule has 0 saturated heterocycles. The fourth-order valence-corrected chi connectivity index (χ4v) is 2.80. The summed E-state index contributed by atoms with van der Waals surface area (Å²) >= 11 is 0. The molecule has 2 rings (SSSR count). The summed E-state index contributed by atoms with van der Waals surface area (Å²) < 4.78 is 16.2. The zero-order valence-electron chi connectivity index (χ0n) is 16.7. The number of nitrogens with one attached hydrogen (secondary N) is 1. The van der Waals surface area contributed by atoms with Gasteiger partial charge in [-0.05, 0) is 62.6 Å². The van der Waals surface area contributed by atoms with Crippen molar-refractivity contribution in [2.45, 2.75) is 45.8 Å². The molecule has 2 aromatic rings. The number of carbonyl (C=O) groups is 1. The summed E-state index contributed by atoms with van der Waals surface area (Å²) in [6, 6.07) is 13.5. The van der Waals surface area contributed by atoms with Crippen molar-refractivity contribution >= 4 is 5.91 Å². The number of benzene rings is 2. The van der Waals surface area contributed by atoms with Crippen LogP contribution in [0.3, 0.4) is 0 Å². The lowest BCUT2D eigenvalue weighted by atomic mass is 10.1. The van der Waals surface area contributed by atoms with Gasteiger partial charge in [-0.25, -0.2) is 0 Å². The number of aryl methyl sites for hydroxylation is 1. The van der Waals surface area contributed by atoms with E-state index in [2.05, 4.69) is 5.32 Å². The minimum Gasteiger partial charge on any atom is -0.493 e. The van der Waals surface area contributed by atoms with Crippen molar-refractivity contribution in [1.29, 1.82) is 0 Å².